The lowest BCUT2D eigenvalue weighted by molar-refractivity contribution is -0.139. The monoisotopic (exact) mass is 429 g/mol. The average molecular weight is 429 g/mol. The van der Waals surface area contributed by atoms with E-state index in [0.717, 1.165) is 0 Å². The molecule has 0 fully saturated rings. The van der Waals surface area contributed by atoms with Gasteiger partial charge >= 0.3 is 5.92 Å². The van der Waals surface area contributed by atoms with Gasteiger partial charge in [-0.3, -0.25) is 9.48 Å². The van der Waals surface area contributed by atoms with Crippen molar-refractivity contribution in [3.63, 3.8) is 0 Å². The van der Waals surface area contributed by atoms with E-state index in [-0.39, 0.29) is 6.54 Å². The van der Waals surface area contributed by atoms with Gasteiger partial charge in [0.05, 0.1) is 11.9 Å². The second-order valence-electron chi connectivity index (χ2n) is 6.96. The summed E-state index contributed by atoms with van der Waals surface area (Å²) in [5.74, 6) is -5.48. The molecule has 31 heavy (non-hydrogen) atoms. The minimum absolute atomic E-state index is 0.121. The van der Waals surface area contributed by atoms with E-state index in [9.17, 15) is 18.0 Å². The average Bonchev–Trinajstić information content (AvgIpc) is 3.21. The lowest BCUT2D eigenvalue weighted by Gasteiger charge is -2.12. The van der Waals surface area contributed by atoms with Gasteiger partial charge in [0, 0.05) is 18.7 Å². The molecule has 3 aromatic rings. The van der Waals surface area contributed by atoms with Crippen molar-refractivity contribution in [3.05, 3.63) is 71.9 Å². The van der Waals surface area contributed by atoms with Crippen LogP contribution in [0.3, 0.4) is 0 Å². The van der Waals surface area contributed by atoms with Crippen molar-refractivity contribution in [2.24, 2.45) is 0 Å². The van der Waals surface area contributed by atoms with Gasteiger partial charge in [-0.25, -0.2) is 4.98 Å². The van der Waals surface area contributed by atoms with Crippen LogP contribution >= 0.6 is 0 Å². The van der Waals surface area contributed by atoms with Crippen molar-refractivity contribution < 1.29 is 18.0 Å². The second-order valence-corrected chi connectivity index (χ2v) is 6.96. The quantitative estimate of drug-likeness (QED) is 0.412. The van der Waals surface area contributed by atoms with Crippen LogP contribution in [0.2, 0.25) is 0 Å². The van der Waals surface area contributed by atoms with Crippen molar-refractivity contribution in [1.82, 2.24) is 25.3 Å². The normalized spacial score (nSPS) is 11.7. The molecule has 0 saturated heterocycles. The van der Waals surface area contributed by atoms with Gasteiger partial charge in [0.15, 0.2) is 0 Å². The van der Waals surface area contributed by atoms with Gasteiger partial charge in [-0.2, -0.15) is 13.2 Å². The Bertz CT molecular complexity index is 1050. The van der Waals surface area contributed by atoms with Gasteiger partial charge < -0.3 is 5.32 Å². The zero-order chi connectivity index (χ0) is 22.3. The molecule has 1 aromatic carbocycles. The number of aromatic nitrogens is 4. The number of hydrogen-bond acceptors (Lipinski definition) is 4. The van der Waals surface area contributed by atoms with Crippen LogP contribution in [0.25, 0.3) is 17.3 Å². The summed E-state index contributed by atoms with van der Waals surface area (Å²) in [6, 6.07) is 11.4. The number of hydrogen-bond donors (Lipinski definition) is 1. The largest absolute Gasteiger partial charge is 0.351 e. The zero-order valence-corrected chi connectivity index (χ0v) is 16.9. The number of aryl methyl sites for hydroxylation is 2. The smallest absolute Gasteiger partial charge is 0.343 e. The Balaban J connectivity index is 1.42. The maximum atomic E-state index is 13.9. The molecule has 6 nitrogen and oxygen atoms in total. The molecule has 0 bridgehead atoms. The van der Waals surface area contributed by atoms with E-state index < -0.39 is 17.8 Å². The number of carbonyl (C=O) groups is 1. The predicted octanol–water partition coefficient (Wildman–Crippen LogP) is 4.03. The highest BCUT2D eigenvalue weighted by Gasteiger charge is 2.35. The number of nitrogens with zero attached hydrogens (tertiary/aromatic N) is 4. The highest BCUT2D eigenvalue weighted by Crippen LogP contribution is 2.20. The van der Waals surface area contributed by atoms with Crippen LogP contribution in [0.15, 0.2) is 54.7 Å². The number of pyridine rings is 1. The van der Waals surface area contributed by atoms with Crippen LogP contribution in [0.4, 0.5) is 13.2 Å². The molecule has 0 atom stereocenters. The molecule has 0 spiro atoms. The van der Waals surface area contributed by atoms with Crippen LogP contribution in [0.1, 0.15) is 24.1 Å². The summed E-state index contributed by atoms with van der Waals surface area (Å²) in [4.78, 5) is 15.5. The lowest BCUT2D eigenvalue weighted by Crippen LogP contribution is -2.39. The molecular formula is C22H22F3N5O. The molecule has 1 amide bonds. The van der Waals surface area contributed by atoms with Crippen LogP contribution < -0.4 is 5.32 Å². The molecule has 0 aliphatic rings. The van der Waals surface area contributed by atoms with E-state index in [4.69, 9.17) is 0 Å². The maximum absolute atomic E-state index is 13.9. The maximum Gasteiger partial charge on any atom is 0.343 e. The van der Waals surface area contributed by atoms with Crippen LogP contribution in [-0.4, -0.2) is 38.4 Å². The second kappa shape index (κ2) is 10.0. The molecule has 9 heteroatoms. The number of nitrogens with one attached hydrogen (secondary N) is 1. The SMILES string of the molecule is Cc1nc(F)ccc1-c1cn(CCCCNC(=O)C(F)(F)/C=C/c2ccccc2)nn1. The van der Waals surface area contributed by atoms with E-state index in [1.165, 1.54) is 12.1 Å². The first-order chi connectivity index (χ1) is 14.8. The number of halogens is 3. The first-order valence-electron chi connectivity index (χ1n) is 9.79. The highest BCUT2D eigenvalue weighted by molar-refractivity contribution is 5.86. The summed E-state index contributed by atoms with van der Waals surface area (Å²) in [7, 11) is 0. The molecule has 2 aromatic heterocycles. The Labute approximate surface area is 177 Å². The van der Waals surface area contributed by atoms with Crippen molar-refractivity contribution >= 4 is 12.0 Å². The van der Waals surface area contributed by atoms with Crippen molar-refractivity contribution in [3.8, 4) is 11.3 Å². The van der Waals surface area contributed by atoms with Crippen LogP contribution in [0.5, 0.6) is 0 Å². The van der Waals surface area contributed by atoms with E-state index >= 15 is 0 Å². The molecule has 3 rings (SSSR count). The molecule has 0 unspecified atom stereocenters. The fourth-order valence-corrected chi connectivity index (χ4v) is 2.89. The first kappa shape index (κ1) is 22.2. The fraction of sp³-hybridized carbons (Fsp3) is 0.273. The van der Waals surface area contributed by atoms with Gasteiger partial charge in [0.25, 0.3) is 5.91 Å². The van der Waals surface area contributed by atoms with E-state index in [1.807, 2.05) is 0 Å². The molecule has 1 N–H and O–H groups in total. The summed E-state index contributed by atoms with van der Waals surface area (Å²) in [6.07, 6.45) is 4.63. The molecule has 162 valence electrons. The minimum atomic E-state index is -3.59. The lowest BCUT2D eigenvalue weighted by atomic mass is 10.1. The van der Waals surface area contributed by atoms with Crippen LogP contribution in [0, 0.1) is 12.9 Å². The van der Waals surface area contributed by atoms with Crippen molar-refractivity contribution in [2.75, 3.05) is 6.54 Å². The standard InChI is InChI=1S/C22H22F3N5O/c1-16-18(9-10-20(23)27-16)19-15-30(29-28-19)14-6-5-13-26-21(31)22(24,25)12-11-17-7-3-2-4-8-17/h2-4,7-12,15H,5-6,13-14H2,1H3,(H,26,31)/b12-11+. The zero-order valence-electron chi connectivity index (χ0n) is 16.9. The molecule has 0 radical (unpaired) electrons. The molecule has 0 aliphatic heterocycles. The Morgan fingerprint density at radius 2 is 1.94 bits per heavy atom. The van der Waals surface area contributed by atoms with Gasteiger partial charge in [0.2, 0.25) is 5.95 Å². The summed E-state index contributed by atoms with van der Waals surface area (Å²) in [6.45, 7) is 2.31. The Hall–Kier alpha value is -3.49. The first-order valence-corrected chi connectivity index (χ1v) is 9.79. The molecular weight excluding hydrogens is 407 g/mol. The summed E-state index contributed by atoms with van der Waals surface area (Å²) in [5, 5.41) is 10.3. The molecule has 0 aliphatic carbocycles. The number of benzene rings is 1. The van der Waals surface area contributed by atoms with E-state index in [0.29, 0.717) is 48.0 Å². The fourth-order valence-electron chi connectivity index (χ4n) is 2.89. The van der Waals surface area contributed by atoms with Gasteiger partial charge in [-0.05, 0) is 43.5 Å². The molecule has 2 heterocycles. The van der Waals surface area contributed by atoms with Crippen molar-refractivity contribution in [1.29, 1.82) is 0 Å². The summed E-state index contributed by atoms with van der Waals surface area (Å²) < 4.78 is 42.6. The van der Waals surface area contributed by atoms with E-state index in [1.54, 1.807) is 54.2 Å². The Kier molecular flexibility index (Phi) is 7.17. The third kappa shape index (κ3) is 6.24. The number of alkyl halides is 2. The number of rotatable bonds is 9. The Morgan fingerprint density at radius 1 is 1.16 bits per heavy atom. The van der Waals surface area contributed by atoms with Gasteiger partial charge in [-0.15, -0.1) is 5.10 Å². The summed E-state index contributed by atoms with van der Waals surface area (Å²) >= 11 is 0. The highest BCUT2D eigenvalue weighted by atomic mass is 19.3. The number of amides is 1. The number of unbranched alkanes of at least 4 members (excludes halogenated alkanes) is 1. The van der Waals surface area contributed by atoms with Crippen molar-refractivity contribution in [2.45, 2.75) is 32.2 Å². The van der Waals surface area contributed by atoms with Crippen LogP contribution in [-0.2, 0) is 11.3 Å². The Morgan fingerprint density at radius 3 is 2.68 bits per heavy atom. The summed E-state index contributed by atoms with van der Waals surface area (Å²) in [5.41, 5.74) is 2.36. The van der Waals surface area contributed by atoms with E-state index in [2.05, 4.69) is 20.6 Å². The third-order valence-corrected chi connectivity index (χ3v) is 4.55. The third-order valence-electron chi connectivity index (χ3n) is 4.55. The number of carbonyl (C=O) groups excluding carboxylic acids is 1. The molecule has 0 saturated carbocycles. The predicted molar refractivity (Wildman–Crippen MR) is 111 cm³/mol. The topological polar surface area (TPSA) is 72.7 Å². The van der Waals surface area contributed by atoms with Gasteiger partial charge in [0.1, 0.15) is 5.69 Å². The van der Waals surface area contributed by atoms with Gasteiger partial charge in [-0.1, -0.05) is 41.6 Å². The minimum Gasteiger partial charge on any atom is -0.351 e.